The number of para-hydroxylation sites is 1. The van der Waals surface area contributed by atoms with E-state index in [1.54, 1.807) is 13.4 Å². The van der Waals surface area contributed by atoms with Crippen molar-refractivity contribution in [3.63, 3.8) is 0 Å². The lowest BCUT2D eigenvalue weighted by atomic mass is 10.2. The van der Waals surface area contributed by atoms with Crippen LogP contribution in [0.1, 0.15) is 37.1 Å². The number of benzene rings is 1. The number of furan rings is 1. The number of likely N-dealkylation sites (tertiary alicyclic amines) is 1. The molecule has 29 heavy (non-hydrogen) atoms. The van der Waals surface area contributed by atoms with Crippen molar-refractivity contribution >= 4 is 29.9 Å². The van der Waals surface area contributed by atoms with Crippen LogP contribution in [0, 0.1) is 0 Å². The summed E-state index contributed by atoms with van der Waals surface area (Å²) >= 11 is 0. The highest BCUT2D eigenvalue weighted by atomic mass is 127. The number of rotatable bonds is 8. The lowest BCUT2D eigenvalue weighted by Crippen LogP contribution is -2.39. The smallest absolute Gasteiger partial charge is 0.194 e. The zero-order valence-corrected chi connectivity index (χ0v) is 20.0. The van der Waals surface area contributed by atoms with E-state index in [0.717, 1.165) is 49.2 Å². The van der Waals surface area contributed by atoms with Gasteiger partial charge in [-0.2, -0.15) is 0 Å². The summed E-state index contributed by atoms with van der Waals surface area (Å²) < 4.78 is 11.2. The minimum absolute atomic E-state index is 0. The molecule has 1 unspecified atom stereocenters. The van der Waals surface area contributed by atoms with Crippen molar-refractivity contribution in [3.05, 3.63) is 54.0 Å². The summed E-state index contributed by atoms with van der Waals surface area (Å²) in [6.45, 7) is 6.53. The molecule has 1 fully saturated rings. The molecule has 0 amide bonds. The standard InChI is InChI=1S/C22H32N4O2.HI/c1-4-23-22(25(2)17-18-10-5-6-11-20(18)27-3)24-16-19(21-12-9-15-28-21)26-13-7-8-14-26;/h5-6,9-12,15,19H,4,7-8,13-14,16-17H2,1-3H3,(H,23,24);1H. The number of guanidine groups is 1. The maximum Gasteiger partial charge on any atom is 0.194 e. The summed E-state index contributed by atoms with van der Waals surface area (Å²) in [7, 11) is 3.77. The summed E-state index contributed by atoms with van der Waals surface area (Å²) in [6, 6.07) is 12.3. The first-order valence-corrected chi connectivity index (χ1v) is 10.1. The molecule has 1 aromatic carbocycles. The Morgan fingerprint density at radius 3 is 2.66 bits per heavy atom. The van der Waals surface area contributed by atoms with E-state index < -0.39 is 0 Å². The molecule has 0 bridgehead atoms. The SMILES string of the molecule is CCNC(=NCC(c1ccco1)N1CCCC1)N(C)Cc1ccccc1OC.I. The highest BCUT2D eigenvalue weighted by Crippen LogP contribution is 2.26. The molecular formula is C22H33IN4O2. The molecule has 0 saturated carbocycles. The Bertz CT molecular complexity index is 745. The fourth-order valence-electron chi connectivity index (χ4n) is 3.73. The predicted octanol–water partition coefficient (Wildman–Crippen LogP) is 4.14. The second-order valence-electron chi connectivity index (χ2n) is 7.14. The van der Waals surface area contributed by atoms with Gasteiger partial charge in [-0.25, -0.2) is 0 Å². The monoisotopic (exact) mass is 512 g/mol. The number of ether oxygens (including phenoxy) is 1. The highest BCUT2D eigenvalue weighted by Gasteiger charge is 2.25. The normalized spacial score (nSPS) is 15.6. The molecule has 1 aliphatic heterocycles. The lowest BCUT2D eigenvalue weighted by molar-refractivity contribution is 0.220. The Hall–Kier alpha value is -1.74. The molecule has 1 aromatic heterocycles. The van der Waals surface area contributed by atoms with Gasteiger partial charge in [-0.3, -0.25) is 9.89 Å². The molecular weight excluding hydrogens is 479 g/mol. The van der Waals surface area contributed by atoms with Crippen molar-refractivity contribution in [1.29, 1.82) is 0 Å². The van der Waals surface area contributed by atoms with Gasteiger partial charge >= 0.3 is 0 Å². The Balaban J connectivity index is 0.00000300. The van der Waals surface area contributed by atoms with E-state index in [2.05, 4.69) is 41.2 Å². The van der Waals surface area contributed by atoms with E-state index in [1.807, 2.05) is 24.3 Å². The fraction of sp³-hybridized carbons (Fsp3) is 0.500. The van der Waals surface area contributed by atoms with Crippen LogP contribution in [0.2, 0.25) is 0 Å². The van der Waals surface area contributed by atoms with Crippen LogP contribution >= 0.6 is 24.0 Å². The van der Waals surface area contributed by atoms with Gasteiger partial charge in [0.25, 0.3) is 0 Å². The first-order valence-electron chi connectivity index (χ1n) is 10.1. The van der Waals surface area contributed by atoms with Crippen molar-refractivity contribution in [1.82, 2.24) is 15.1 Å². The van der Waals surface area contributed by atoms with Crippen molar-refractivity contribution in [2.75, 3.05) is 40.3 Å². The minimum Gasteiger partial charge on any atom is -0.496 e. The molecule has 2 heterocycles. The van der Waals surface area contributed by atoms with E-state index in [1.165, 1.54) is 12.8 Å². The molecule has 160 valence electrons. The van der Waals surface area contributed by atoms with Gasteiger partial charge in [0.05, 0.1) is 26.0 Å². The van der Waals surface area contributed by atoms with Gasteiger partial charge in [0.2, 0.25) is 0 Å². The fourth-order valence-corrected chi connectivity index (χ4v) is 3.73. The second-order valence-corrected chi connectivity index (χ2v) is 7.14. The number of nitrogens with one attached hydrogen (secondary N) is 1. The summed E-state index contributed by atoms with van der Waals surface area (Å²) in [5.74, 6) is 2.79. The summed E-state index contributed by atoms with van der Waals surface area (Å²) in [5, 5.41) is 3.42. The van der Waals surface area contributed by atoms with E-state index in [-0.39, 0.29) is 30.0 Å². The van der Waals surface area contributed by atoms with Crippen molar-refractivity contribution < 1.29 is 9.15 Å². The van der Waals surface area contributed by atoms with Gasteiger partial charge in [0.1, 0.15) is 11.5 Å². The van der Waals surface area contributed by atoms with Gasteiger partial charge in [-0.1, -0.05) is 18.2 Å². The average Bonchev–Trinajstić information content (AvgIpc) is 3.42. The third-order valence-corrected chi connectivity index (χ3v) is 5.16. The van der Waals surface area contributed by atoms with Crippen LogP contribution in [0.5, 0.6) is 5.75 Å². The molecule has 1 saturated heterocycles. The molecule has 0 aliphatic carbocycles. The average molecular weight is 512 g/mol. The van der Waals surface area contributed by atoms with Gasteiger partial charge in [0.15, 0.2) is 5.96 Å². The maximum atomic E-state index is 5.73. The Morgan fingerprint density at radius 1 is 1.24 bits per heavy atom. The molecule has 3 rings (SSSR count). The predicted molar refractivity (Wildman–Crippen MR) is 128 cm³/mol. The molecule has 7 heteroatoms. The van der Waals surface area contributed by atoms with Crippen LogP contribution in [0.15, 0.2) is 52.1 Å². The Kier molecular flexibility index (Phi) is 9.80. The molecule has 1 N–H and O–H groups in total. The van der Waals surface area contributed by atoms with Gasteiger partial charge in [0, 0.05) is 25.7 Å². The van der Waals surface area contributed by atoms with Crippen LogP contribution < -0.4 is 10.1 Å². The Labute approximate surface area is 191 Å². The van der Waals surface area contributed by atoms with Gasteiger partial charge < -0.3 is 19.4 Å². The maximum absolute atomic E-state index is 5.73. The summed E-state index contributed by atoms with van der Waals surface area (Å²) in [4.78, 5) is 9.58. The number of halogens is 1. The van der Waals surface area contributed by atoms with Crippen LogP contribution in [0.4, 0.5) is 0 Å². The molecule has 2 aromatic rings. The third kappa shape index (κ3) is 6.37. The zero-order valence-electron chi connectivity index (χ0n) is 17.6. The lowest BCUT2D eigenvalue weighted by Gasteiger charge is -2.27. The quantitative estimate of drug-likeness (QED) is 0.328. The zero-order chi connectivity index (χ0) is 19.8. The van der Waals surface area contributed by atoms with Crippen molar-refractivity contribution in [2.45, 2.75) is 32.4 Å². The number of nitrogens with zero attached hydrogens (tertiary/aromatic N) is 3. The molecule has 1 atom stereocenters. The molecule has 0 radical (unpaired) electrons. The Morgan fingerprint density at radius 2 is 2.00 bits per heavy atom. The van der Waals surface area contributed by atoms with E-state index in [0.29, 0.717) is 6.54 Å². The van der Waals surface area contributed by atoms with Gasteiger partial charge in [-0.05, 0) is 51.1 Å². The number of hydrogen-bond donors (Lipinski definition) is 1. The van der Waals surface area contributed by atoms with E-state index >= 15 is 0 Å². The summed E-state index contributed by atoms with van der Waals surface area (Å²) in [5.41, 5.74) is 1.14. The first kappa shape index (κ1) is 23.5. The largest absolute Gasteiger partial charge is 0.496 e. The topological polar surface area (TPSA) is 53.2 Å². The van der Waals surface area contributed by atoms with E-state index in [4.69, 9.17) is 14.1 Å². The van der Waals surface area contributed by atoms with Crippen LogP contribution in [-0.4, -0.2) is 56.1 Å². The van der Waals surface area contributed by atoms with Gasteiger partial charge in [-0.15, -0.1) is 24.0 Å². The molecule has 6 nitrogen and oxygen atoms in total. The van der Waals surface area contributed by atoms with E-state index in [9.17, 15) is 0 Å². The van der Waals surface area contributed by atoms with Crippen LogP contribution in [-0.2, 0) is 6.54 Å². The third-order valence-electron chi connectivity index (χ3n) is 5.16. The first-order chi connectivity index (χ1) is 13.7. The second kappa shape index (κ2) is 12.1. The number of aliphatic imine (C=N–C) groups is 1. The van der Waals surface area contributed by atoms with Crippen molar-refractivity contribution in [3.8, 4) is 5.75 Å². The van der Waals surface area contributed by atoms with Crippen LogP contribution in [0.3, 0.4) is 0 Å². The molecule has 1 aliphatic rings. The summed E-state index contributed by atoms with van der Waals surface area (Å²) in [6.07, 6.45) is 4.24. The van der Waals surface area contributed by atoms with Crippen LogP contribution in [0.25, 0.3) is 0 Å². The highest BCUT2D eigenvalue weighted by molar-refractivity contribution is 14.0. The number of hydrogen-bond acceptors (Lipinski definition) is 4. The minimum atomic E-state index is 0. The molecule has 0 spiro atoms. The van der Waals surface area contributed by atoms with Crippen molar-refractivity contribution in [2.24, 2.45) is 4.99 Å². The number of methoxy groups -OCH3 is 1.